The topological polar surface area (TPSA) is 268 Å². The Morgan fingerprint density at radius 2 is 1.64 bits per heavy atom. The van der Waals surface area contributed by atoms with Crippen molar-refractivity contribution in [2.45, 2.75) is 56.8 Å². The molecule has 12 N–H and O–H groups in total. The van der Waals surface area contributed by atoms with E-state index < -0.39 is 60.2 Å². The molecule has 0 radical (unpaired) electrons. The van der Waals surface area contributed by atoms with Crippen molar-refractivity contribution < 1.29 is 34.2 Å². The van der Waals surface area contributed by atoms with Gasteiger partial charge >= 0.3 is 11.9 Å². The summed E-state index contributed by atoms with van der Waals surface area (Å²) in [7, 11) is 0. The van der Waals surface area contributed by atoms with Crippen LogP contribution >= 0.6 is 0 Å². The predicted molar refractivity (Wildman–Crippen MR) is 141 cm³/mol. The van der Waals surface area contributed by atoms with Gasteiger partial charge in [0.05, 0.1) is 12.5 Å². The van der Waals surface area contributed by atoms with E-state index in [9.17, 15) is 34.2 Å². The SMILES string of the molecule is CC(NC(=O)C(CC(=O)O)NC(=O)C(N)CCCN=C(N)N)C(=O)NC(Cc1c[nH]c2ccccc12)C(=O)O. The molecule has 1 heterocycles. The fourth-order valence-electron chi connectivity index (χ4n) is 3.71. The molecular formula is C24H34N8O7. The summed E-state index contributed by atoms with van der Waals surface area (Å²) < 4.78 is 0. The number of nitrogens with two attached hydrogens (primary N) is 3. The number of carboxylic acid groups (broad SMARTS) is 2. The number of aromatic nitrogens is 1. The van der Waals surface area contributed by atoms with Crippen LogP contribution in [-0.2, 0) is 30.4 Å². The largest absolute Gasteiger partial charge is 0.481 e. The van der Waals surface area contributed by atoms with Crippen LogP contribution in [0.4, 0.5) is 0 Å². The molecule has 2 aromatic rings. The average molecular weight is 547 g/mol. The van der Waals surface area contributed by atoms with Crippen LogP contribution in [0, 0.1) is 0 Å². The first-order valence-electron chi connectivity index (χ1n) is 12.1. The van der Waals surface area contributed by atoms with Gasteiger partial charge in [-0.25, -0.2) is 4.79 Å². The Morgan fingerprint density at radius 3 is 2.28 bits per heavy atom. The maximum Gasteiger partial charge on any atom is 0.326 e. The van der Waals surface area contributed by atoms with Crippen molar-refractivity contribution in [3.63, 3.8) is 0 Å². The third kappa shape index (κ3) is 9.62. The lowest BCUT2D eigenvalue weighted by Gasteiger charge is -2.22. The van der Waals surface area contributed by atoms with Crippen LogP contribution in [0.25, 0.3) is 10.9 Å². The highest BCUT2D eigenvalue weighted by Crippen LogP contribution is 2.19. The van der Waals surface area contributed by atoms with Crippen LogP contribution in [0.5, 0.6) is 0 Å². The van der Waals surface area contributed by atoms with Crippen molar-refractivity contribution in [3.05, 3.63) is 36.0 Å². The van der Waals surface area contributed by atoms with E-state index in [2.05, 4.69) is 25.9 Å². The van der Waals surface area contributed by atoms with E-state index in [-0.39, 0.29) is 25.3 Å². The van der Waals surface area contributed by atoms with E-state index in [1.807, 2.05) is 18.2 Å². The molecule has 0 spiro atoms. The summed E-state index contributed by atoms with van der Waals surface area (Å²) >= 11 is 0. The number of para-hydroxylation sites is 1. The van der Waals surface area contributed by atoms with Crippen molar-refractivity contribution in [1.29, 1.82) is 0 Å². The number of guanidine groups is 1. The summed E-state index contributed by atoms with van der Waals surface area (Å²) in [4.78, 5) is 67.8. The molecule has 1 aromatic heterocycles. The number of hydrogen-bond donors (Lipinski definition) is 9. The fraction of sp³-hybridized carbons (Fsp3) is 0.417. The molecule has 0 saturated heterocycles. The molecule has 3 amide bonds. The van der Waals surface area contributed by atoms with Gasteiger partial charge in [-0.1, -0.05) is 18.2 Å². The molecule has 0 aliphatic carbocycles. The van der Waals surface area contributed by atoms with Crippen molar-refractivity contribution in [2.24, 2.45) is 22.2 Å². The molecule has 1 aromatic carbocycles. The van der Waals surface area contributed by atoms with Gasteiger partial charge in [-0.2, -0.15) is 0 Å². The predicted octanol–water partition coefficient (Wildman–Crippen LogP) is -1.88. The third-order valence-corrected chi connectivity index (χ3v) is 5.78. The number of benzene rings is 1. The Balaban J connectivity index is 1.99. The van der Waals surface area contributed by atoms with Crippen molar-refractivity contribution >= 4 is 46.5 Å². The molecule has 0 aliphatic rings. The van der Waals surface area contributed by atoms with Crippen molar-refractivity contribution in [3.8, 4) is 0 Å². The Labute approximate surface area is 223 Å². The van der Waals surface area contributed by atoms with Crippen LogP contribution < -0.4 is 33.2 Å². The van der Waals surface area contributed by atoms with Crippen molar-refractivity contribution in [1.82, 2.24) is 20.9 Å². The highest BCUT2D eigenvalue weighted by molar-refractivity contribution is 5.95. The van der Waals surface area contributed by atoms with E-state index in [1.165, 1.54) is 6.92 Å². The molecule has 15 heteroatoms. The summed E-state index contributed by atoms with van der Waals surface area (Å²) in [6, 6.07) is 2.13. The van der Waals surface area contributed by atoms with Gasteiger partial charge in [0.25, 0.3) is 0 Å². The second kappa shape index (κ2) is 14.3. The molecule has 4 atom stereocenters. The number of fused-ring (bicyclic) bond motifs is 1. The number of hydrogen-bond acceptors (Lipinski definition) is 7. The molecule has 0 fully saturated rings. The van der Waals surface area contributed by atoms with Crippen LogP contribution in [0.2, 0.25) is 0 Å². The Hall–Kier alpha value is -4.66. The van der Waals surface area contributed by atoms with Gasteiger partial charge < -0.3 is 48.3 Å². The Kier molecular flexibility index (Phi) is 11.2. The maximum absolute atomic E-state index is 12.7. The molecule has 0 aliphatic heterocycles. The monoisotopic (exact) mass is 546 g/mol. The van der Waals surface area contributed by atoms with Crippen LogP contribution in [-0.4, -0.2) is 81.5 Å². The second-order valence-electron chi connectivity index (χ2n) is 8.91. The minimum absolute atomic E-state index is 0.0233. The molecule has 15 nitrogen and oxygen atoms in total. The lowest BCUT2D eigenvalue weighted by Crippen LogP contribution is -2.56. The first-order chi connectivity index (χ1) is 18.4. The number of carboxylic acids is 2. The molecular weight excluding hydrogens is 512 g/mol. The molecule has 2 rings (SSSR count). The third-order valence-electron chi connectivity index (χ3n) is 5.78. The minimum atomic E-state index is -1.53. The summed E-state index contributed by atoms with van der Waals surface area (Å²) in [5.41, 5.74) is 17.7. The second-order valence-corrected chi connectivity index (χ2v) is 8.91. The number of H-pyrrole nitrogens is 1. The van der Waals surface area contributed by atoms with E-state index in [0.29, 0.717) is 12.0 Å². The van der Waals surface area contributed by atoms with E-state index >= 15 is 0 Å². The van der Waals surface area contributed by atoms with Crippen LogP contribution in [0.3, 0.4) is 0 Å². The Morgan fingerprint density at radius 1 is 0.974 bits per heavy atom. The molecule has 212 valence electrons. The summed E-state index contributed by atoms with van der Waals surface area (Å²) in [6.07, 6.45) is 1.39. The smallest absolute Gasteiger partial charge is 0.326 e. The van der Waals surface area contributed by atoms with Gasteiger partial charge in [0.1, 0.15) is 18.1 Å². The number of carbonyl (C=O) groups is 5. The quantitative estimate of drug-likeness (QED) is 0.0681. The number of aliphatic imine (C=N–C) groups is 1. The zero-order valence-electron chi connectivity index (χ0n) is 21.3. The first-order valence-corrected chi connectivity index (χ1v) is 12.1. The normalized spacial score (nSPS) is 13.9. The molecule has 0 saturated carbocycles. The summed E-state index contributed by atoms with van der Waals surface area (Å²) in [5, 5.41) is 26.6. The summed E-state index contributed by atoms with van der Waals surface area (Å²) in [6.45, 7) is 1.53. The molecule has 4 unspecified atom stereocenters. The lowest BCUT2D eigenvalue weighted by molar-refractivity contribution is -0.143. The standard InChI is InChI=1S/C24H34N8O7/c1-12(20(35)32-18(23(38)39)9-13-11-29-16-7-3-2-5-14(13)16)30-22(37)17(10-19(33)34)31-21(36)15(25)6-4-8-28-24(26)27/h2-3,5,7,11-12,15,17-18,29H,4,6,8-10,25H2,1H3,(H,30,37)(H,31,36)(H,32,35)(H,33,34)(H,38,39)(H4,26,27,28). The van der Waals surface area contributed by atoms with Gasteiger partial charge in [-0.15, -0.1) is 0 Å². The van der Waals surface area contributed by atoms with Gasteiger partial charge in [-0.3, -0.25) is 24.2 Å². The summed E-state index contributed by atoms with van der Waals surface area (Å²) in [5.74, 6) is -5.31. The lowest BCUT2D eigenvalue weighted by atomic mass is 10.0. The Bertz CT molecular complexity index is 1220. The first kappa shape index (κ1) is 30.6. The van der Waals surface area contributed by atoms with E-state index in [1.54, 1.807) is 12.3 Å². The van der Waals surface area contributed by atoms with E-state index in [4.69, 9.17) is 17.2 Å². The number of carbonyl (C=O) groups excluding carboxylic acids is 3. The zero-order chi connectivity index (χ0) is 29.1. The molecule has 39 heavy (non-hydrogen) atoms. The number of rotatable bonds is 15. The number of nitrogens with zero attached hydrogens (tertiary/aromatic N) is 1. The molecule has 0 bridgehead atoms. The zero-order valence-corrected chi connectivity index (χ0v) is 21.3. The minimum Gasteiger partial charge on any atom is -0.481 e. The van der Waals surface area contributed by atoms with Crippen LogP contribution in [0.1, 0.15) is 31.7 Å². The number of nitrogens with one attached hydrogen (secondary N) is 4. The van der Waals surface area contributed by atoms with Gasteiger partial charge in [0.15, 0.2) is 5.96 Å². The highest BCUT2D eigenvalue weighted by atomic mass is 16.4. The highest BCUT2D eigenvalue weighted by Gasteiger charge is 2.30. The van der Waals surface area contributed by atoms with Crippen molar-refractivity contribution in [2.75, 3.05) is 6.54 Å². The van der Waals surface area contributed by atoms with Gasteiger partial charge in [0.2, 0.25) is 17.7 Å². The average Bonchev–Trinajstić information content (AvgIpc) is 3.27. The number of aromatic amines is 1. The van der Waals surface area contributed by atoms with E-state index in [0.717, 1.165) is 10.9 Å². The van der Waals surface area contributed by atoms with Crippen LogP contribution in [0.15, 0.2) is 35.5 Å². The van der Waals surface area contributed by atoms with Gasteiger partial charge in [-0.05, 0) is 31.4 Å². The number of amides is 3. The number of aliphatic carboxylic acids is 2. The fourth-order valence-corrected chi connectivity index (χ4v) is 3.71. The van der Waals surface area contributed by atoms with Gasteiger partial charge in [0, 0.05) is 30.1 Å². The maximum atomic E-state index is 12.7.